The number of hydrogen-bond acceptors (Lipinski definition) is 5. The maximum atomic E-state index is 6.09. The van der Waals surface area contributed by atoms with Gasteiger partial charge in [-0.25, -0.2) is 0 Å². The van der Waals surface area contributed by atoms with Crippen molar-refractivity contribution in [3.05, 3.63) is 29.8 Å². The quantitative estimate of drug-likeness (QED) is 0.199. The van der Waals surface area contributed by atoms with Gasteiger partial charge in [-0.15, -0.1) is 24.0 Å². The first-order chi connectivity index (χ1) is 15.2. The van der Waals surface area contributed by atoms with Crippen molar-refractivity contribution >= 4 is 29.9 Å². The Bertz CT molecular complexity index is 662. The van der Waals surface area contributed by atoms with Crippen LogP contribution in [0.2, 0.25) is 0 Å². The van der Waals surface area contributed by atoms with Crippen LogP contribution in [0.3, 0.4) is 0 Å². The second kappa shape index (κ2) is 15.7. The lowest BCUT2D eigenvalue weighted by Gasteiger charge is -2.30. The summed E-state index contributed by atoms with van der Waals surface area (Å²) in [5.41, 5.74) is 1.15. The van der Waals surface area contributed by atoms with Gasteiger partial charge in [0.15, 0.2) is 5.96 Å². The molecule has 0 bridgehead atoms. The molecule has 32 heavy (non-hydrogen) atoms. The van der Waals surface area contributed by atoms with Gasteiger partial charge in [0.1, 0.15) is 12.4 Å². The van der Waals surface area contributed by atoms with Crippen LogP contribution in [0, 0.1) is 5.92 Å². The molecule has 0 unspecified atom stereocenters. The van der Waals surface area contributed by atoms with Crippen LogP contribution in [0.5, 0.6) is 5.75 Å². The van der Waals surface area contributed by atoms with Gasteiger partial charge in [0.2, 0.25) is 0 Å². The zero-order valence-electron chi connectivity index (χ0n) is 19.9. The predicted molar refractivity (Wildman–Crippen MR) is 142 cm³/mol. The molecule has 2 saturated heterocycles. The lowest BCUT2D eigenvalue weighted by molar-refractivity contribution is 0.0322. The number of benzene rings is 1. The fraction of sp³-hybridized carbons (Fsp3) is 0.708. The van der Waals surface area contributed by atoms with E-state index in [1.54, 1.807) is 0 Å². The van der Waals surface area contributed by atoms with Crippen LogP contribution >= 0.6 is 24.0 Å². The molecule has 2 N–H and O–H groups in total. The minimum absolute atomic E-state index is 0. The van der Waals surface area contributed by atoms with Gasteiger partial charge in [0.25, 0.3) is 0 Å². The third kappa shape index (κ3) is 9.80. The van der Waals surface area contributed by atoms with E-state index in [4.69, 9.17) is 9.47 Å². The number of nitrogens with zero attached hydrogens (tertiary/aromatic N) is 3. The first-order valence-corrected chi connectivity index (χ1v) is 11.9. The Morgan fingerprint density at radius 3 is 2.53 bits per heavy atom. The zero-order valence-corrected chi connectivity index (χ0v) is 22.2. The third-order valence-electron chi connectivity index (χ3n) is 6.23. The first kappa shape index (κ1) is 27.1. The van der Waals surface area contributed by atoms with Crippen molar-refractivity contribution in [2.75, 3.05) is 72.7 Å². The topological polar surface area (TPSA) is 61.4 Å². The molecule has 0 amide bonds. The molecule has 0 atom stereocenters. The second-order valence-electron chi connectivity index (χ2n) is 8.64. The van der Waals surface area contributed by atoms with E-state index in [9.17, 15) is 0 Å². The van der Waals surface area contributed by atoms with Crippen molar-refractivity contribution in [2.24, 2.45) is 10.9 Å². The van der Waals surface area contributed by atoms with Gasteiger partial charge in [-0.2, -0.15) is 0 Å². The summed E-state index contributed by atoms with van der Waals surface area (Å²) in [6.07, 6.45) is 3.81. The number of ether oxygens (including phenoxy) is 2. The molecule has 3 rings (SSSR count). The number of hydrogen-bond donors (Lipinski definition) is 2. The summed E-state index contributed by atoms with van der Waals surface area (Å²) in [6, 6.07) is 8.25. The normalized spacial score (nSPS) is 18.8. The molecule has 0 aromatic heterocycles. The van der Waals surface area contributed by atoms with Gasteiger partial charge in [-0.05, 0) is 50.9 Å². The average Bonchev–Trinajstić information content (AvgIpc) is 2.81. The maximum absolute atomic E-state index is 6.09. The van der Waals surface area contributed by atoms with Gasteiger partial charge in [0.05, 0.1) is 13.2 Å². The molecule has 1 aromatic carbocycles. The van der Waals surface area contributed by atoms with E-state index in [-0.39, 0.29) is 24.0 Å². The number of rotatable bonds is 10. The average molecular weight is 560 g/mol. The van der Waals surface area contributed by atoms with E-state index in [0.717, 1.165) is 75.5 Å². The van der Waals surface area contributed by atoms with Crippen molar-refractivity contribution in [2.45, 2.75) is 32.7 Å². The molecule has 1 aromatic rings. The van der Waals surface area contributed by atoms with Crippen molar-refractivity contribution in [1.29, 1.82) is 0 Å². The Balaban J connectivity index is 0.00000363. The van der Waals surface area contributed by atoms with Crippen molar-refractivity contribution in [3.63, 3.8) is 0 Å². The van der Waals surface area contributed by atoms with E-state index in [0.29, 0.717) is 13.2 Å². The number of para-hydroxylation sites is 1. The number of morpholine rings is 1. The molecule has 0 saturated carbocycles. The highest BCUT2D eigenvalue weighted by atomic mass is 127. The Kier molecular flexibility index (Phi) is 13.3. The van der Waals surface area contributed by atoms with Crippen LogP contribution in [0.4, 0.5) is 0 Å². The molecule has 2 aliphatic heterocycles. The monoisotopic (exact) mass is 559 g/mol. The lowest BCUT2D eigenvalue weighted by atomic mass is 9.99. The largest absolute Gasteiger partial charge is 0.492 e. The maximum Gasteiger partial charge on any atom is 0.191 e. The highest BCUT2D eigenvalue weighted by Gasteiger charge is 2.15. The molecule has 8 heteroatoms. The SMILES string of the molecule is CN=C(NCCCN1CCC(C)CC1)NCc1ccccc1OCCN1CCOCC1.I. The van der Waals surface area contributed by atoms with E-state index >= 15 is 0 Å². The van der Waals surface area contributed by atoms with Gasteiger partial charge in [0, 0.05) is 45.3 Å². The fourth-order valence-corrected chi connectivity index (χ4v) is 4.09. The Labute approximate surface area is 211 Å². The molecule has 2 fully saturated rings. The van der Waals surface area contributed by atoms with Crippen LogP contribution in [0.25, 0.3) is 0 Å². The number of halogens is 1. The van der Waals surface area contributed by atoms with Crippen molar-refractivity contribution < 1.29 is 9.47 Å². The van der Waals surface area contributed by atoms with Gasteiger partial charge >= 0.3 is 0 Å². The van der Waals surface area contributed by atoms with E-state index in [1.807, 2.05) is 19.2 Å². The number of guanidine groups is 1. The summed E-state index contributed by atoms with van der Waals surface area (Å²) in [5.74, 6) is 2.68. The molecule has 7 nitrogen and oxygen atoms in total. The second-order valence-corrected chi connectivity index (χ2v) is 8.64. The highest BCUT2D eigenvalue weighted by molar-refractivity contribution is 14.0. The molecular weight excluding hydrogens is 517 g/mol. The van der Waals surface area contributed by atoms with Gasteiger partial charge < -0.3 is 25.0 Å². The van der Waals surface area contributed by atoms with E-state index in [1.165, 1.54) is 25.9 Å². The van der Waals surface area contributed by atoms with Crippen molar-refractivity contribution in [3.8, 4) is 5.75 Å². The van der Waals surface area contributed by atoms with Crippen LogP contribution in [0.15, 0.2) is 29.3 Å². The van der Waals surface area contributed by atoms with Gasteiger partial charge in [-0.1, -0.05) is 25.1 Å². The molecular formula is C24H42IN5O2. The van der Waals surface area contributed by atoms with Crippen molar-refractivity contribution in [1.82, 2.24) is 20.4 Å². The summed E-state index contributed by atoms with van der Waals surface area (Å²) in [6.45, 7) is 12.9. The smallest absolute Gasteiger partial charge is 0.191 e. The third-order valence-corrected chi connectivity index (χ3v) is 6.23. The number of nitrogens with one attached hydrogen (secondary N) is 2. The number of piperidine rings is 1. The fourth-order valence-electron chi connectivity index (χ4n) is 4.09. The minimum atomic E-state index is 0. The number of likely N-dealkylation sites (tertiary alicyclic amines) is 1. The molecule has 182 valence electrons. The summed E-state index contributed by atoms with van der Waals surface area (Å²) in [7, 11) is 1.83. The van der Waals surface area contributed by atoms with Crippen LogP contribution in [0.1, 0.15) is 31.7 Å². The van der Waals surface area contributed by atoms with Gasteiger partial charge in [-0.3, -0.25) is 9.89 Å². The molecule has 0 radical (unpaired) electrons. The molecule has 2 heterocycles. The standard InChI is InChI=1S/C24H41N5O2.HI/c1-21-8-12-28(13-9-21)11-5-10-26-24(25-2)27-20-22-6-3-4-7-23(22)31-19-16-29-14-17-30-18-15-29;/h3-4,6-7,21H,5,8-20H2,1-2H3,(H2,25,26,27);1H. The first-order valence-electron chi connectivity index (χ1n) is 11.9. The lowest BCUT2D eigenvalue weighted by Crippen LogP contribution is -2.39. The molecule has 0 aliphatic carbocycles. The number of aliphatic imine (C=N–C) groups is 1. The summed E-state index contributed by atoms with van der Waals surface area (Å²) in [4.78, 5) is 9.35. The van der Waals surface area contributed by atoms with Crippen LogP contribution in [-0.4, -0.2) is 88.4 Å². The predicted octanol–water partition coefficient (Wildman–Crippen LogP) is 2.80. The van der Waals surface area contributed by atoms with Crippen LogP contribution < -0.4 is 15.4 Å². The summed E-state index contributed by atoms with van der Waals surface area (Å²) >= 11 is 0. The minimum Gasteiger partial charge on any atom is -0.492 e. The molecule has 2 aliphatic rings. The Morgan fingerprint density at radius 1 is 1.06 bits per heavy atom. The highest BCUT2D eigenvalue weighted by Crippen LogP contribution is 2.18. The Hall–Kier alpha value is -1.10. The molecule has 0 spiro atoms. The zero-order chi connectivity index (χ0) is 21.7. The van der Waals surface area contributed by atoms with E-state index in [2.05, 4.69) is 44.5 Å². The summed E-state index contributed by atoms with van der Waals surface area (Å²) in [5, 5.41) is 6.88. The van der Waals surface area contributed by atoms with E-state index < -0.39 is 0 Å². The van der Waals surface area contributed by atoms with Crippen LogP contribution in [-0.2, 0) is 11.3 Å². The summed E-state index contributed by atoms with van der Waals surface area (Å²) < 4.78 is 11.5. The Morgan fingerprint density at radius 2 is 1.78 bits per heavy atom.